The molecule has 0 heterocycles. The third-order valence-electron chi connectivity index (χ3n) is 4.42. The minimum Gasteiger partial charge on any atom is -0.494 e. The fraction of sp³-hybridized carbons (Fsp3) is 0.480. The normalized spacial score (nSPS) is 12.6. The van der Waals surface area contributed by atoms with Gasteiger partial charge < -0.3 is 45.6 Å². The molecule has 34 heavy (non-hydrogen) atoms. The van der Waals surface area contributed by atoms with Crippen molar-refractivity contribution < 1.29 is 59.7 Å². The van der Waals surface area contributed by atoms with Crippen molar-refractivity contribution in [2.24, 2.45) is 0 Å². The van der Waals surface area contributed by atoms with Crippen LogP contribution in [-0.4, -0.2) is 82.6 Å². The molecule has 0 spiro atoms. The number of aliphatic hydroxyl groups is 2. The summed E-state index contributed by atoms with van der Waals surface area (Å²) < 4.78 is 31.7. The molecule has 0 amide bonds. The summed E-state index contributed by atoms with van der Waals surface area (Å²) in [5.41, 5.74) is 2.28. The van der Waals surface area contributed by atoms with Crippen LogP contribution in [0.1, 0.15) is 11.1 Å². The first-order valence-electron chi connectivity index (χ1n) is 10.9. The number of methoxy groups -OCH3 is 1. The van der Waals surface area contributed by atoms with Gasteiger partial charge in [0.15, 0.2) is 0 Å². The van der Waals surface area contributed by atoms with Crippen molar-refractivity contribution in [3.63, 3.8) is 0 Å². The van der Waals surface area contributed by atoms with Gasteiger partial charge in [0.2, 0.25) is 0 Å². The van der Waals surface area contributed by atoms with Crippen LogP contribution in [0.3, 0.4) is 0 Å². The number of aliphatic hydroxyl groups excluding tert-OH is 2. The van der Waals surface area contributed by atoms with Crippen molar-refractivity contribution in [1.29, 1.82) is 0 Å². The second-order valence-corrected chi connectivity index (χ2v) is 7.40. The molecule has 0 aromatic heterocycles. The van der Waals surface area contributed by atoms with Crippen LogP contribution in [-0.2, 0) is 46.4 Å². The molecular weight excluding hydrogens is 612 g/mol. The standard InChI is InChI=1S/C25H35O8.W/c1-20(26)16-32-24-7-3-21(4-8-24)15-22-5-9-25(10-6-22)33-18-23(27)17-29-13-14-31-19-30-12-11-28-2;/h3-10,20,23,26-27H,1,11-19H2,2H3;/q-1;. The fourth-order valence-corrected chi connectivity index (χ4v) is 2.73. The molecule has 0 fully saturated rings. The molecule has 0 aliphatic rings. The molecule has 2 aromatic rings. The van der Waals surface area contributed by atoms with E-state index in [1.807, 2.05) is 48.5 Å². The average Bonchev–Trinajstić information content (AvgIpc) is 2.82. The van der Waals surface area contributed by atoms with E-state index in [1.165, 1.54) is 0 Å². The Hall–Kier alpha value is -1.51. The van der Waals surface area contributed by atoms with E-state index in [0.717, 1.165) is 17.5 Å². The fourth-order valence-electron chi connectivity index (χ4n) is 2.73. The molecule has 2 N–H and O–H groups in total. The molecule has 2 atom stereocenters. The van der Waals surface area contributed by atoms with Gasteiger partial charge in [-0.1, -0.05) is 24.3 Å². The van der Waals surface area contributed by atoms with Crippen LogP contribution in [0.25, 0.3) is 0 Å². The summed E-state index contributed by atoms with van der Waals surface area (Å²) in [6.45, 7) is 5.91. The van der Waals surface area contributed by atoms with Crippen molar-refractivity contribution in [2.45, 2.75) is 18.6 Å². The van der Waals surface area contributed by atoms with Crippen molar-refractivity contribution in [2.75, 3.05) is 60.2 Å². The molecule has 0 saturated carbocycles. The molecule has 0 bridgehead atoms. The summed E-state index contributed by atoms with van der Waals surface area (Å²) in [5, 5.41) is 19.2. The molecule has 0 saturated heterocycles. The first-order chi connectivity index (χ1) is 16.1. The number of hydrogen-bond donors (Lipinski definition) is 2. The van der Waals surface area contributed by atoms with E-state index < -0.39 is 12.2 Å². The predicted octanol–water partition coefficient (Wildman–Crippen LogP) is 2.24. The van der Waals surface area contributed by atoms with Gasteiger partial charge in [-0.05, 0) is 47.9 Å². The maximum Gasteiger partial charge on any atom is 0.146 e. The Morgan fingerprint density at radius 3 is 1.74 bits per heavy atom. The van der Waals surface area contributed by atoms with E-state index in [1.54, 1.807) is 7.11 Å². The van der Waals surface area contributed by atoms with Gasteiger partial charge in [-0.15, -0.1) is 0 Å². The van der Waals surface area contributed by atoms with Gasteiger partial charge in [0.1, 0.15) is 31.0 Å². The topological polar surface area (TPSA) is 95.8 Å². The van der Waals surface area contributed by atoms with E-state index in [9.17, 15) is 10.2 Å². The molecule has 2 rings (SSSR count). The summed E-state index contributed by atoms with van der Waals surface area (Å²) in [6.07, 6.45) is -0.697. The Bertz CT molecular complexity index is 740. The van der Waals surface area contributed by atoms with Crippen LogP contribution in [0.5, 0.6) is 11.5 Å². The minimum atomic E-state index is -0.740. The molecule has 0 aliphatic heterocycles. The van der Waals surface area contributed by atoms with Gasteiger partial charge in [0.05, 0.1) is 39.6 Å². The first-order valence-corrected chi connectivity index (χ1v) is 10.9. The summed E-state index contributed by atoms with van der Waals surface area (Å²) in [5.74, 6) is 1.39. The Kier molecular flexibility index (Phi) is 16.8. The van der Waals surface area contributed by atoms with Gasteiger partial charge in [-0.25, -0.2) is 0 Å². The zero-order valence-corrected chi connectivity index (χ0v) is 22.5. The second kappa shape index (κ2) is 18.8. The van der Waals surface area contributed by atoms with Crippen LogP contribution in [0.15, 0.2) is 48.5 Å². The maximum absolute atomic E-state index is 9.99. The molecule has 190 valence electrons. The van der Waals surface area contributed by atoms with Gasteiger partial charge in [0.25, 0.3) is 0 Å². The van der Waals surface area contributed by atoms with E-state index in [0.29, 0.717) is 37.9 Å². The molecule has 9 heteroatoms. The maximum atomic E-state index is 9.99. The SMILES string of the molecule is [CH2-]C(O)COc1ccc(Cc2ccc(OCC(O)COCCOCOCCOC)cc2)cc1.[W]. The van der Waals surface area contributed by atoms with Crippen LogP contribution in [0.4, 0.5) is 0 Å². The third-order valence-corrected chi connectivity index (χ3v) is 4.42. The molecule has 0 radical (unpaired) electrons. The van der Waals surface area contributed by atoms with Crippen molar-refractivity contribution in [3.8, 4) is 11.5 Å². The molecule has 0 aliphatic carbocycles. The number of rotatable bonds is 18. The summed E-state index contributed by atoms with van der Waals surface area (Å²) in [4.78, 5) is 0. The Labute approximate surface area is 216 Å². The van der Waals surface area contributed by atoms with E-state index in [2.05, 4.69) is 6.92 Å². The van der Waals surface area contributed by atoms with Crippen LogP contribution >= 0.6 is 0 Å². The Morgan fingerprint density at radius 1 is 0.706 bits per heavy atom. The quantitative estimate of drug-likeness (QED) is 0.145. The third kappa shape index (κ3) is 14.0. The molecular formula is C25H35O8W-. The van der Waals surface area contributed by atoms with Crippen LogP contribution in [0.2, 0.25) is 0 Å². The largest absolute Gasteiger partial charge is 0.494 e. The van der Waals surface area contributed by atoms with E-state index in [-0.39, 0.29) is 47.7 Å². The predicted molar refractivity (Wildman–Crippen MR) is 124 cm³/mol. The monoisotopic (exact) mass is 647 g/mol. The van der Waals surface area contributed by atoms with Crippen LogP contribution < -0.4 is 9.47 Å². The van der Waals surface area contributed by atoms with E-state index >= 15 is 0 Å². The average molecular weight is 647 g/mol. The summed E-state index contributed by atoms with van der Waals surface area (Å²) in [6, 6.07) is 15.5. The molecule has 2 unspecified atom stereocenters. The molecule has 8 nitrogen and oxygen atoms in total. The number of benzene rings is 2. The number of ether oxygens (including phenoxy) is 6. The number of hydrogen-bond acceptors (Lipinski definition) is 8. The van der Waals surface area contributed by atoms with E-state index in [4.69, 9.17) is 28.4 Å². The second-order valence-electron chi connectivity index (χ2n) is 7.40. The first kappa shape index (κ1) is 30.5. The summed E-state index contributed by atoms with van der Waals surface area (Å²) >= 11 is 0. The zero-order valence-electron chi connectivity index (χ0n) is 19.6. The zero-order chi connectivity index (χ0) is 23.7. The Balaban J connectivity index is 0.00000578. The van der Waals surface area contributed by atoms with Gasteiger partial charge in [0, 0.05) is 28.2 Å². The van der Waals surface area contributed by atoms with Crippen molar-refractivity contribution in [1.82, 2.24) is 0 Å². The minimum absolute atomic E-state index is 0. The van der Waals surface area contributed by atoms with Crippen LogP contribution in [0, 0.1) is 6.92 Å². The molecule has 2 aromatic carbocycles. The summed E-state index contributed by atoms with van der Waals surface area (Å²) in [7, 11) is 1.61. The smallest absolute Gasteiger partial charge is 0.146 e. The van der Waals surface area contributed by atoms with Crippen molar-refractivity contribution >= 4 is 0 Å². The van der Waals surface area contributed by atoms with Crippen molar-refractivity contribution in [3.05, 3.63) is 66.6 Å². The van der Waals surface area contributed by atoms with Gasteiger partial charge in [-0.3, -0.25) is 0 Å². The Morgan fingerprint density at radius 2 is 1.21 bits per heavy atom. The van der Waals surface area contributed by atoms with Gasteiger partial charge in [-0.2, -0.15) is 0 Å². The van der Waals surface area contributed by atoms with Gasteiger partial charge >= 0.3 is 0 Å².